The number of aliphatic hydroxyl groups excluding tert-OH is 2. The van der Waals surface area contributed by atoms with Crippen molar-refractivity contribution in [1.29, 1.82) is 0 Å². The second-order valence-electron chi connectivity index (χ2n) is 4.37. The highest BCUT2D eigenvalue weighted by Crippen LogP contribution is 2.16. The first kappa shape index (κ1) is 15.6. The highest BCUT2D eigenvalue weighted by Gasteiger charge is 2.23. The van der Waals surface area contributed by atoms with E-state index in [1.165, 1.54) is 37.3 Å². The normalized spacial score (nSPS) is 11.8. The molecule has 0 atom stereocenters. The van der Waals surface area contributed by atoms with Gasteiger partial charge in [-0.1, -0.05) is 17.7 Å². The Morgan fingerprint density at radius 2 is 2.11 bits per heavy atom. The summed E-state index contributed by atoms with van der Waals surface area (Å²) in [7, 11) is 0. The summed E-state index contributed by atoms with van der Waals surface area (Å²) in [5, 5.41) is 20.5. The van der Waals surface area contributed by atoms with Crippen LogP contribution in [0.5, 0.6) is 0 Å². The minimum Gasteiger partial charge on any atom is -0.394 e. The van der Waals surface area contributed by atoms with Crippen molar-refractivity contribution in [2.75, 3.05) is 13.2 Å². The van der Waals surface area contributed by atoms with Gasteiger partial charge in [-0.05, 0) is 30.7 Å². The molecule has 0 saturated carbocycles. The molecule has 0 fully saturated rings. The molecule has 0 spiro atoms. The van der Waals surface area contributed by atoms with Crippen LogP contribution in [0.3, 0.4) is 0 Å². The van der Waals surface area contributed by atoms with E-state index in [0.717, 1.165) is 0 Å². The average molecular weight is 288 g/mol. The van der Waals surface area contributed by atoms with E-state index in [1.807, 2.05) is 0 Å². The summed E-state index contributed by atoms with van der Waals surface area (Å²) >= 11 is 5.60. The summed E-state index contributed by atoms with van der Waals surface area (Å²) in [6.45, 7) is 0.740. The minimum absolute atomic E-state index is 0.0295. The molecule has 6 heteroatoms. The highest BCUT2D eigenvalue weighted by atomic mass is 35.5. The highest BCUT2D eigenvalue weighted by molar-refractivity contribution is 6.30. The molecule has 1 amide bonds. The van der Waals surface area contributed by atoms with Crippen LogP contribution in [-0.2, 0) is 4.79 Å². The molecular weight excluding hydrogens is 273 g/mol. The number of halogens is 2. The molecule has 1 aromatic rings. The van der Waals surface area contributed by atoms with Crippen molar-refractivity contribution in [2.45, 2.75) is 12.5 Å². The number of hydrogen-bond donors (Lipinski definition) is 3. The van der Waals surface area contributed by atoms with E-state index in [4.69, 9.17) is 21.8 Å². The molecular formula is C13H15ClFNO3. The quantitative estimate of drug-likeness (QED) is 0.716. The Bertz CT molecular complexity index is 487. The summed E-state index contributed by atoms with van der Waals surface area (Å²) in [5.41, 5.74) is -0.516. The zero-order valence-corrected chi connectivity index (χ0v) is 11.1. The van der Waals surface area contributed by atoms with Crippen LogP contribution >= 0.6 is 11.6 Å². The van der Waals surface area contributed by atoms with Crippen LogP contribution in [-0.4, -0.2) is 34.9 Å². The lowest BCUT2D eigenvalue weighted by atomic mass is 10.1. The number of carbonyl (C=O) groups excluding carboxylic acids is 1. The van der Waals surface area contributed by atoms with E-state index in [9.17, 15) is 9.18 Å². The van der Waals surface area contributed by atoms with Crippen molar-refractivity contribution in [1.82, 2.24) is 5.32 Å². The van der Waals surface area contributed by atoms with Crippen LogP contribution in [0.1, 0.15) is 12.5 Å². The first-order valence-corrected chi connectivity index (χ1v) is 5.95. The number of hydrogen-bond acceptors (Lipinski definition) is 3. The van der Waals surface area contributed by atoms with Crippen molar-refractivity contribution in [3.05, 3.63) is 40.7 Å². The summed E-state index contributed by atoms with van der Waals surface area (Å²) < 4.78 is 12.9. The molecule has 0 bridgehead atoms. The first-order valence-electron chi connectivity index (χ1n) is 5.57. The van der Waals surface area contributed by atoms with E-state index in [-0.39, 0.29) is 18.2 Å². The van der Waals surface area contributed by atoms with Gasteiger partial charge in [0.05, 0.1) is 23.8 Å². The Morgan fingerprint density at radius 3 is 2.63 bits per heavy atom. The molecule has 19 heavy (non-hydrogen) atoms. The van der Waals surface area contributed by atoms with Gasteiger partial charge in [0.15, 0.2) is 0 Å². The molecule has 0 saturated heterocycles. The maximum atomic E-state index is 12.9. The van der Waals surface area contributed by atoms with Crippen LogP contribution < -0.4 is 5.32 Å². The fourth-order valence-corrected chi connectivity index (χ4v) is 1.45. The average Bonchev–Trinajstić information content (AvgIpc) is 2.40. The van der Waals surface area contributed by atoms with Crippen LogP contribution in [0, 0.1) is 5.82 Å². The van der Waals surface area contributed by atoms with Gasteiger partial charge in [0.25, 0.3) is 0 Å². The Kier molecular flexibility index (Phi) is 5.47. The maximum Gasteiger partial charge on any atom is 0.244 e. The number of carbonyl (C=O) groups is 1. The third-order valence-electron chi connectivity index (χ3n) is 2.49. The Balaban J connectivity index is 2.71. The number of rotatable bonds is 5. The summed E-state index contributed by atoms with van der Waals surface area (Å²) in [5.74, 6) is -1.01. The Morgan fingerprint density at radius 1 is 1.47 bits per heavy atom. The van der Waals surface area contributed by atoms with Crippen molar-refractivity contribution >= 4 is 23.6 Å². The van der Waals surface area contributed by atoms with Crippen molar-refractivity contribution in [3.63, 3.8) is 0 Å². The second-order valence-corrected chi connectivity index (χ2v) is 4.78. The van der Waals surface area contributed by atoms with Gasteiger partial charge in [-0.15, -0.1) is 0 Å². The molecule has 0 aliphatic carbocycles. The lowest BCUT2D eigenvalue weighted by molar-refractivity contribution is -0.119. The van der Waals surface area contributed by atoms with E-state index in [1.54, 1.807) is 0 Å². The van der Waals surface area contributed by atoms with Crippen molar-refractivity contribution in [3.8, 4) is 0 Å². The van der Waals surface area contributed by atoms with Gasteiger partial charge in [-0.2, -0.15) is 0 Å². The Labute approximate surface area is 115 Å². The standard InChI is InChI=1S/C13H15ClFNO3/c1-13(7-17,8-18)16-12(19)5-3-9-2-4-11(15)10(14)6-9/h2-6,17-18H,7-8H2,1H3,(H,16,19)/b5-3+. The van der Waals surface area contributed by atoms with Crippen molar-refractivity contribution in [2.24, 2.45) is 0 Å². The van der Waals surface area contributed by atoms with Crippen molar-refractivity contribution < 1.29 is 19.4 Å². The van der Waals surface area contributed by atoms with Crippen LogP contribution in [0.25, 0.3) is 6.08 Å². The van der Waals surface area contributed by atoms with E-state index < -0.39 is 17.3 Å². The smallest absolute Gasteiger partial charge is 0.244 e. The number of amides is 1. The van der Waals surface area contributed by atoms with Gasteiger partial charge < -0.3 is 15.5 Å². The fourth-order valence-electron chi connectivity index (χ4n) is 1.26. The molecule has 1 rings (SSSR count). The topological polar surface area (TPSA) is 69.6 Å². The maximum absolute atomic E-state index is 12.9. The molecule has 0 radical (unpaired) electrons. The molecule has 0 aliphatic heterocycles. The monoisotopic (exact) mass is 287 g/mol. The van der Waals surface area contributed by atoms with Crippen LogP contribution in [0.4, 0.5) is 4.39 Å². The molecule has 104 valence electrons. The van der Waals surface area contributed by atoms with Gasteiger partial charge in [0.1, 0.15) is 5.82 Å². The fraction of sp³-hybridized carbons (Fsp3) is 0.308. The largest absolute Gasteiger partial charge is 0.394 e. The number of nitrogens with one attached hydrogen (secondary N) is 1. The summed E-state index contributed by atoms with van der Waals surface area (Å²) in [6.07, 6.45) is 2.67. The predicted octanol–water partition coefficient (Wildman–Crippen LogP) is 1.35. The molecule has 0 aliphatic rings. The lowest BCUT2D eigenvalue weighted by Crippen LogP contribution is -2.51. The number of aliphatic hydroxyl groups is 2. The molecule has 3 N–H and O–H groups in total. The molecule has 0 unspecified atom stereocenters. The van der Waals surface area contributed by atoms with E-state index in [0.29, 0.717) is 5.56 Å². The molecule has 1 aromatic carbocycles. The van der Waals surface area contributed by atoms with Gasteiger partial charge in [0.2, 0.25) is 5.91 Å². The zero-order chi connectivity index (χ0) is 14.5. The van der Waals surface area contributed by atoms with E-state index >= 15 is 0 Å². The zero-order valence-electron chi connectivity index (χ0n) is 10.4. The van der Waals surface area contributed by atoms with Gasteiger partial charge >= 0.3 is 0 Å². The number of benzene rings is 1. The van der Waals surface area contributed by atoms with Crippen LogP contribution in [0.2, 0.25) is 5.02 Å². The van der Waals surface area contributed by atoms with Gasteiger partial charge in [0, 0.05) is 6.08 Å². The third kappa shape index (κ3) is 4.63. The predicted molar refractivity (Wildman–Crippen MR) is 71.2 cm³/mol. The van der Waals surface area contributed by atoms with Gasteiger partial charge in [-0.3, -0.25) is 4.79 Å². The Hall–Kier alpha value is -1.43. The molecule has 0 heterocycles. The summed E-state index contributed by atoms with van der Waals surface area (Å²) in [4.78, 5) is 11.6. The SMILES string of the molecule is CC(CO)(CO)NC(=O)/C=C/c1ccc(F)c(Cl)c1. The summed E-state index contributed by atoms with van der Waals surface area (Å²) in [6, 6.07) is 4.06. The van der Waals surface area contributed by atoms with E-state index in [2.05, 4.69) is 5.32 Å². The first-order chi connectivity index (χ1) is 8.90. The second kappa shape index (κ2) is 6.65. The van der Waals surface area contributed by atoms with Gasteiger partial charge in [-0.25, -0.2) is 4.39 Å². The third-order valence-corrected chi connectivity index (χ3v) is 2.78. The minimum atomic E-state index is -1.08. The molecule has 0 aromatic heterocycles. The molecule has 4 nitrogen and oxygen atoms in total. The lowest BCUT2D eigenvalue weighted by Gasteiger charge is -2.25. The van der Waals surface area contributed by atoms with Crippen LogP contribution in [0.15, 0.2) is 24.3 Å².